The number of benzene rings is 3. The second-order valence-electron chi connectivity index (χ2n) is 9.05. The van der Waals surface area contributed by atoms with Crippen LogP contribution in [0.2, 0.25) is 0 Å². The molecule has 0 radical (unpaired) electrons. The van der Waals surface area contributed by atoms with Crippen molar-refractivity contribution >= 4 is 10.1 Å². The first-order valence-corrected chi connectivity index (χ1v) is 13.8. The maximum atomic E-state index is 13.0. The number of hydrogen-bond donors (Lipinski definition) is 0. The molecule has 0 N–H and O–H groups in total. The Labute approximate surface area is 225 Å². The second-order valence-corrected chi connectivity index (χ2v) is 10.6. The highest BCUT2D eigenvalue weighted by molar-refractivity contribution is 7.86. The number of hydrogen-bond acceptors (Lipinski definition) is 7. The minimum absolute atomic E-state index is 0.248. The van der Waals surface area contributed by atoms with Gasteiger partial charge in [-0.05, 0) is 91.8 Å². The van der Waals surface area contributed by atoms with Gasteiger partial charge in [-0.25, -0.2) is 0 Å². The summed E-state index contributed by atoms with van der Waals surface area (Å²) in [5.74, 6) is 1.68. The van der Waals surface area contributed by atoms with E-state index in [4.69, 9.17) is 18.4 Å². The van der Waals surface area contributed by atoms with Crippen molar-refractivity contribution in [3.05, 3.63) is 71.8 Å². The van der Waals surface area contributed by atoms with Gasteiger partial charge in [0.1, 0.15) is 5.75 Å². The summed E-state index contributed by atoms with van der Waals surface area (Å²) in [6.45, 7) is 0. The molecule has 0 aromatic heterocycles. The van der Waals surface area contributed by atoms with E-state index in [9.17, 15) is 21.6 Å². The van der Waals surface area contributed by atoms with Crippen LogP contribution in [0.15, 0.2) is 65.6 Å². The number of ether oxygens (including phenoxy) is 4. The van der Waals surface area contributed by atoms with Crippen molar-refractivity contribution in [3.63, 3.8) is 0 Å². The molecule has 210 valence electrons. The summed E-state index contributed by atoms with van der Waals surface area (Å²) < 4.78 is 89.8. The summed E-state index contributed by atoms with van der Waals surface area (Å²) in [6.07, 6.45) is -1.91. The van der Waals surface area contributed by atoms with Gasteiger partial charge in [-0.2, -0.15) is 8.42 Å². The number of methoxy groups -OCH3 is 2. The fourth-order valence-corrected chi connectivity index (χ4v) is 5.47. The molecule has 4 rings (SSSR count). The highest BCUT2D eigenvalue weighted by atomic mass is 32.2. The standard InChI is InChI=1S/C28H29F3O7S/c1-34-24-15-8-19-5-3-4-6-22(10-7-20-9-16-25(35-2)27(18-20)36-26(24)17-19)38-39(32,33)23-13-11-21(12-14-23)37-28(29,30)31/h8-9,11-18,22H,3-7,10H2,1-2H3. The zero-order valence-electron chi connectivity index (χ0n) is 21.5. The lowest BCUT2D eigenvalue weighted by molar-refractivity contribution is -0.274. The van der Waals surface area contributed by atoms with E-state index in [0.29, 0.717) is 48.7 Å². The maximum absolute atomic E-state index is 13.0. The summed E-state index contributed by atoms with van der Waals surface area (Å²) in [4.78, 5) is -0.248. The zero-order valence-corrected chi connectivity index (χ0v) is 22.3. The summed E-state index contributed by atoms with van der Waals surface area (Å²) in [5, 5.41) is 0. The van der Waals surface area contributed by atoms with Crippen LogP contribution in [-0.4, -0.2) is 35.1 Å². The van der Waals surface area contributed by atoms with E-state index in [1.807, 2.05) is 30.3 Å². The Bertz CT molecular complexity index is 1370. The van der Waals surface area contributed by atoms with E-state index in [1.54, 1.807) is 20.3 Å². The Morgan fingerprint density at radius 3 is 1.95 bits per heavy atom. The number of aryl methyl sites for hydroxylation is 2. The fourth-order valence-electron chi connectivity index (χ4n) is 4.34. The van der Waals surface area contributed by atoms with E-state index < -0.39 is 28.3 Å². The van der Waals surface area contributed by atoms with E-state index in [1.165, 1.54) is 0 Å². The first-order valence-electron chi connectivity index (χ1n) is 12.4. The molecule has 0 saturated carbocycles. The molecule has 0 fully saturated rings. The maximum Gasteiger partial charge on any atom is 0.573 e. The van der Waals surface area contributed by atoms with Crippen molar-refractivity contribution in [1.82, 2.24) is 0 Å². The van der Waals surface area contributed by atoms with Crippen molar-refractivity contribution in [2.45, 2.75) is 55.9 Å². The molecule has 7 nitrogen and oxygen atoms in total. The molecule has 11 heteroatoms. The van der Waals surface area contributed by atoms with Gasteiger partial charge in [0.25, 0.3) is 10.1 Å². The van der Waals surface area contributed by atoms with Gasteiger partial charge < -0.3 is 18.9 Å². The average Bonchev–Trinajstić information content (AvgIpc) is 2.88. The number of halogens is 3. The van der Waals surface area contributed by atoms with Gasteiger partial charge in [-0.3, -0.25) is 4.18 Å². The minimum atomic E-state index is -4.87. The third kappa shape index (κ3) is 7.79. The van der Waals surface area contributed by atoms with Crippen LogP contribution >= 0.6 is 0 Å². The van der Waals surface area contributed by atoms with Crippen LogP contribution in [0.3, 0.4) is 0 Å². The highest BCUT2D eigenvalue weighted by Crippen LogP contribution is 2.38. The summed E-state index contributed by atoms with van der Waals surface area (Å²) in [5.41, 5.74) is 1.92. The molecule has 1 unspecified atom stereocenters. The van der Waals surface area contributed by atoms with Crippen molar-refractivity contribution in [2.75, 3.05) is 14.2 Å². The predicted octanol–water partition coefficient (Wildman–Crippen LogP) is 6.83. The van der Waals surface area contributed by atoms with E-state index in [2.05, 4.69) is 4.74 Å². The normalized spacial score (nSPS) is 16.5. The van der Waals surface area contributed by atoms with Crippen molar-refractivity contribution in [1.29, 1.82) is 0 Å². The van der Waals surface area contributed by atoms with Gasteiger partial charge >= 0.3 is 6.36 Å². The van der Waals surface area contributed by atoms with Gasteiger partial charge in [0.15, 0.2) is 23.0 Å². The molecule has 0 spiro atoms. The van der Waals surface area contributed by atoms with Gasteiger partial charge in [-0.15, -0.1) is 13.2 Å². The lowest BCUT2D eigenvalue weighted by Crippen LogP contribution is -2.20. The smallest absolute Gasteiger partial charge is 0.493 e. The van der Waals surface area contributed by atoms with Gasteiger partial charge in [0.05, 0.1) is 25.2 Å². The Balaban J connectivity index is 1.55. The molecule has 0 saturated heterocycles. The molecule has 1 atom stereocenters. The monoisotopic (exact) mass is 566 g/mol. The van der Waals surface area contributed by atoms with Crippen LogP contribution in [0.5, 0.6) is 28.7 Å². The highest BCUT2D eigenvalue weighted by Gasteiger charge is 2.31. The summed E-state index contributed by atoms with van der Waals surface area (Å²) in [6, 6.07) is 15.2. The molecule has 1 aliphatic heterocycles. The lowest BCUT2D eigenvalue weighted by atomic mass is 10.0. The average molecular weight is 567 g/mol. The molecule has 0 aliphatic carbocycles. The van der Waals surface area contributed by atoms with Gasteiger partial charge in [0.2, 0.25) is 0 Å². The number of rotatable bonds is 6. The zero-order chi connectivity index (χ0) is 28.0. The van der Waals surface area contributed by atoms with E-state index >= 15 is 0 Å². The van der Waals surface area contributed by atoms with E-state index in [-0.39, 0.29) is 4.90 Å². The molecule has 0 amide bonds. The number of fused-ring (bicyclic) bond motifs is 4. The first kappa shape index (κ1) is 28.6. The van der Waals surface area contributed by atoms with Gasteiger partial charge in [-0.1, -0.05) is 18.6 Å². The van der Waals surface area contributed by atoms with Crippen molar-refractivity contribution < 1.29 is 44.7 Å². The topological polar surface area (TPSA) is 80.3 Å². The van der Waals surface area contributed by atoms with E-state index in [0.717, 1.165) is 48.2 Å². The second kappa shape index (κ2) is 12.2. The molecular formula is C28H29F3O7S. The SMILES string of the molecule is COc1ccc2cc1Oc1cc(ccc1OC)CCC(OS(=O)(=O)c1ccc(OC(F)(F)F)cc1)CCCC2. The Hall–Kier alpha value is -3.44. The molecule has 1 heterocycles. The quantitative estimate of drug-likeness (QED) is 0.303. The predicted molar refractivity (Wildman–Crippen MR) is 137 cm³/mol. The Kier molecular flexibility index (Phi) is 8.91. The summed E-state index contributed by atoms with van der Waals surface area (Å²) >= 11 is 0. The minimum Gasteiger partial charge on any atom is -0.493 e. The van der Waals surface area contributed by atoms with Crippen LogP contribution in [0.1, 0.15) is 36.8 Å². The van der Waals surface area contributed by atoms with Crippen molar-refractivity contribution in [3.8, 4) is 28.7 Å². The third-order valence-corrected chi connectivity index (χ3v) is 7.66. The molecular weight excluding hydrogens is 537 g/mol. The lowest BCUT2D eigenvalue weighted by Gasteiger charge is -2.20. The molecule has 4 bridgehead atoms. The Morgan fingerprint density at radius 2 is 1.38 bits per heavy atom. The van der Waals surface area contributed by atoms with Gasteiger partial charge in [0, 0.05) is 0 Å². The van der Waals surface area contributed by atoms with Crippen LogP contribution in [-0.2, 0) is 27.1 Å². The van der Waals surface area contributed by atoms with Crippen LogP contribution < -0.4 is 18.9 Å². The number of alkyl halides is 3. The molecule has 1 aliphatic rings. The van der Waals surface area contributed by atoms with Crippen LogP contribution in [0.4, 0.5) is 13.2 Å². The first-order chi connectivity index (χ1) is 18.6. The summed E-state index contributed by atoms with van der Waals surface area (Å²) in [7, 11) is -1.10. The Morgan fingerprint density at radius 1 is 0.795 bits per heavy atom. The molecule has 3 aromatic rings. The largest absolute Gasteiger partial charge is 0.573 e. The third-order valence-electron chi connectivity index (χ3n) is 6.28. The fraction of sp³-hybridized carbons (Fsp3) is 0.357. The van der Waals surface area contributed by atoms with Crippen LogP contribution in [0.25, 0.3) is 0 Å². The van der Waals surface area contributed by atoms with Crippen molar-refractivity contribution in [2.24, 2.45) is 0 Å². The molecule has 3 aromatic carbocycles. The molecule has 39 heavy (non-hydrogen) atoms. The van der Waals surface area contributed by atoms with Crippen LogP contribution in [0, 0.1) is 0 Å².